The summed E-state index contributed by atoms with van der Waals surface area (Å²) in [6, 6.07) is 10.8. The van der Waals surface area contributed by atoms with Gasteiger partial charge in [-0.3, -0.25) is 9.78 Å². The molecule has 0 radical (unpaired) electrons. The molecule has 0 aliphatic heterocycles. The highest BCUT2D eigenvalue weighted by atomic mass is 32.2. The van der Waals surface area contributed by atoms with Gasteiger partial charge in [0.1, 0.15) is 0 Å². The molecular formula is C16H16N4O3S. The Kier molecular flexibility index (Phi) is 4.32. The number of carbonyl (C=O) groups is 1. The van der Waals surface area contributed by atoms with E-state index in [1.54, 1.807) is 18.3 Å². The number of fused-ring (bicyclic) bond motifs is 1. The minimum Gasteiger partial charge on any atom is -0.359 e. The average molecular weight is 344 g/mol. The molecule has 8 heteroatoms. The van der Waals surface area contributed by atoms with Crippen molar-refractivity contribution in [3.8, 4) is 0 Å². The molecule has 1 aromatic carbocycles. The van der Waals surface area contributed by atoms with Gasteiger partial charge in [-0.05, 0) is 18.2 Å². The minimum absolute atomic E-state index is 0.0348. The molecule has 0 aliphatic carbocycles. The molecule has 2 aromatic heterocycles. The van der Waals surface area contributed by atoms with Gasteiger partial charge in [0, 0.05) is 28.9 Å². The van der Waals surface area contributed by atoms with Gasteiger partial charge < -0.3 is 10.3 Å². The van der Waals surface area contributed by atoms with Gasteiger partial charge in [-0.15, -0.1) is 0 Å². The van der Waals surface area contributed by atoms with Gasteiger partial charge in [0.15, 0.2) is 0 Å². The van der Waals surface area contributed by atoms with Crippen molar-refractivity contribution >= 4 is 32.5 Å². The fourth-order valence-corrected chi connectivity index (χ4v) is 2.70. The number of hydrogen-bond donors (Lipinski definition) is 3. The minimum atomic E-state index is -3.32. The van der Waals surface area contributed by atoms with E-state index in [1.165, 1.54) is 6.20 Å². The zero-order valence-corrected chi connectivity index (χ0v) is 13.7. The number of anilines is 1. The van der Waals surface area contributed by atoms with Gasteiger partial charge in [-0.2, -0.15) is 0 Å². The summed E-state index contributed by atoms with van der Waals surface area (Å²) in [6.07, 6.45) is 4.28. The molecule has 2 heterocycles. The second kappa shape index (κ2) is 6.42. The summed E-state index contributed by atoms with van der Waals surface area (Å²) >= 11 is 0. The lowest BCUT2D eigenvalue weighted by Crippen LogP contribution is -2.22. The van der Waals surface area contributed by atoms with Crippen LogP contribution in [0.2, 0.25) is 0 Å². The second-order valence-corrected chi connectivity index (χ2v) is 7.16. The van der Waals surface area contributed by atoms with E-state index in [1.807, 2.05) is 24.3 Å². The smallest absolute Gasteiger partial charge is 0.255 e. The van der Waals surface area contributed by atoms with E-state index in [2.05, 4.69) is 20.0 Å². The summed E-state index contributed by atoms with van der Waals surface area (Å²) in [5.41, 5.74) is 2.48. The third-order valence-electron chi connectivity index (χ3n) is 3.43. The Morgan fingerprint density at radius 2 is 2.04 bits per heavy atom. The highest BCUT2D eigenvalue weighted by Crippen LogP contribution is 2.23. The molecule has 3 aromatic rings. The van der Waals surface area contributed by atoms with Crippen LogP contribution in [0.25, 0.3) is 10.9 Å². The van der Waals surface area contributed by atoms with E-state index in [4.69, 9.17) is 0 Å². The molecule has 0 saturated carbocycles. The molecule has 3 N–H and O–H groups in total. The number of para-hydroxylation sites is 1. The topological polar surface area (TPSA) is 104 Å². The highest BCUT2D eigenvalue weighted by Gasteiger charge is 2.11. The van der Waals surface area contributed by atoms with Crippen LogP contribution in [-0.4, -0.2) is 30.5 Å². The Balaban J connectivity index is 1.78. The summed E-state index contributed by atoms with van der Waals surface area (Å²) < 4.78 is 24.6. The van der Waals surface area contributed by atoms with Crippen LogP contribution < -0.4 is 10.0 Å². The standard InChI is InChI=1S/C16H16N4O3S/c1-24(22,23)19-9-12-8-11(6-7-17-12)16(21)20-15-10-18-14-5-3-2-4-13(14)15/h2-8,10,18-19H,9H2,1H3,(H,20,21). The van der Waals surface area contributed by atoms with Crippen LogP contribution in [0.1, 0.15) is 16.1 Å². The molecule has 124 valence electrons. The van der Waals surface area contributed by atoms with Gasteiger partial charge >= 0.3 is 0 Å². The molecular weight excluding hydrogens is 328 g/mol. The number of aromatic amines is 1. The number of amides is 1. The Labute approximate surface area is 139 Å². The maximum absolute atomic E-state index is 12.4. The van der Waals surface area contributed by atoms with Gasteiger partial charge in [-0.25, -0.2) is 13.1 Å². The molecule has 0 saturated heterocycles. The number of sulfonamides is 1. The first-order chi connectivity index (χ1) is 11.4. The van der Waals surface area contributed by atoms with E-state index in [9.17, 15) is 13.2 Å². The van der Waals surface area contributed by atoms with Crippen LogP contribution in [0.4, 0.5) is 5.69 Å². The van der Waals surface area contributed by atoms with Gasteiger partial charge in [0.2, 0.25) is 10.0 Å². The first-order valence-electron chi connectivity index (χ1n) is 7.19. The Bertz CT molecular complexity index is 995. The fourth-order valence-electron chi connectivity index (χ4n) is 2.29. The number of aromatic nitrogens is 2. The van der Waals surface area contributed by atoms with Crippen molar-refractivity contribution in [3.05, 3.63) is 60.0 Å². The van der Waals surface area contributed by atoms with Crippen LogP contribution in [0.3, 0.4) is 0 Å². The quantitative estimate of drug-likeness (QED) is 0.657. The molecule has 3 rings (SSSR count). The number of nitrogens with one attached hydrogen (secondary N) is 3. The molecule has 0 atom stereocenters. The fraction of sp³-hybridized carbons (Fsp3) is 0.125. The highest BCUT2D eigenvalue weighted by molar-refractivity contribution is 7.88. The van der Waals surface area contributed by atoms with Crippen molar-refractivity contribution in [2.45, 2.75) is 6.54 Å². The number of benzene rings is 1. The molecule has 0 unspecified atom stereocenters. The molecule has 24 heavy (non-hydrogen) atoms. The molecule has 7 nitrogen and oxygen atoms in total. The Morgan fingerprint density at radius 1 is 1.25 bits per heavy atom. The monoisotopic (exact) mass is 344 g/mol. The third kappa shape index (κ3) is 3.79. The largest absolute Gasteiger partial charge is 0.359 e. The van der Waals surface area contributed by atoms with Crippen LogP contribution in [0.15, 0.2) is 48.8 Å². The van der Waals surface area contributed by atoms with E-state index in [-0.39, 0.29) is 12.5 Å². The number of hydrogen-bond acceptors (Lipinski definition) is 4. The zero-order valence-electron chi connectivity index (χ0n) is 12.9. The molecule has 0 aliphatic rings. The molecule has 0 spiro atoms. The van der Waals surface area contributed by atoms with E-state index < -0.39 is 10.0 Å². The lowest BCUT2D eigenvalue weighted by atomic mass is 10.2. The maximum atomic E-state index is 12.4. The Morgan fingerprint density at radius 3 is 2.83 bits per heavy atom. The normalized spacial score (nSPS) is 11.5. The molecule has 1 amide bonds. The Hall–Kier alpha value is -2.71. The SMILES string of the molecule is CS(=O)(=O)NCc1cc(C(=O)Nc2c[nH]c3ccccc23)ccn1. The van der Waals surface area contributed by atoms with Gasteiger partial charge in [0.25, 0.3) is 5.91 Å². The van der Waals surface area contributed by atoms with E-state index in [0.717, 1.165) is 17.2 Å². The van der Waals surface area contributed by atoms with Gasteiger partial charge in [0.05, 0.1) is 24.2 Å². The predicted molar refractivity (Wildman–Crippen MR) is 92.2 cm³/mol. The summed E-state index contributed by atoms with van der Waals surface area (Å²) in [5.74, 6) is -0.289. The summed E-state index contributed by atoms with van der Waals surface area (Å²) in [6.45, 7) is 0.0348. The summed E-state index contributed by atoms with van der Waals surface area (Å²) in [7, 11) is -3.32. The first-order valence-corrected chi connectivity index (χ1v) is 9.08. The number of rotatable bonds is 5. The number of H-pyrrole nitrogens is 1. The second-order valence-electron chi connectivity index (χ2n) is 5.33. The van der Waals surface area contributed by atoms with Crippen molar-refractivity contribution in [3.63, 3.8) is 0 Å². The number of nitrogens with zero attached hydrogens (tertiary/aromatic N) is 1. The summed E-state index contributed by atoms with van der Waals surface area (Å²) in [5, 5.41) is 3.76. The molecule has 0 bridgehead atoms. The van der Waals surface area contributed by atoms with Crippen LogP contribution in [0.5, 0.6) is 0 Å². The lowest BCUT2D eigenvalue weighted by molar-refractivity contribution is 0.102. The van der Waals surface area contributed by atoms with E-state index in [0.29, 0.717) is 16.9 Å². The average Bonchev–Trinajstić information content (AvgIpc) is 2.96. The van der Waals surface area contributed by atoms with Crippen molar-refractivity contribution in [1.82, 2.24) is 14.7 Å². The van der Waals surface area contributed by atoms with Crippen molar-refractivity contribution < 1.29 is 13.2 Å². The summed E-state index contributed by atoms with van der Waals surface area (Å²) in [4.78, 5) is 19.6. The third-order valence-corrected chi connectivity index (χ3v) is 4.10. The predicted octanol–water partition coefficient (Wildman–Crippen LogP) is 1.86. The lowest BCUT2D eigenvalue weighted by Gasteiger charge is -2.06. The maximum Gasteiger partial charge on any atom is 0.255 e. The van der Waals surface area contributed by atoms with Gasteiger partial charge in [-0.1, -0.05) is 18.2 Å². The van der Waals surface area contributed by atoms with E-state index >= 15 is 0 Å². The van der Waals surface area contributed by atoms with Crippen molar-refractivity contribution in [2.24, 2.45) is 0 Å². The molecule has 0 fully saturated rings. The van der Waals surface area contributed by atoms with Crippen molar-refractivity contribution in [1.29, 1.82) is 0 Å². The zero-order chi connectivity index (χ0) is 17.2. The number of pyridine rings is 1. The van der Waals surface area contributed by atoms with Crippen molar-refractivity contribution in [2.75, 3.05) is 11.6 Å². The number of carbonyl (C=O) groups excluding carboxylic acids is 1. The van der Waals surface area contributed by atoms with Crippen LogP contribution >= 0.6 is 0 Å². The first kappa shape index (κ1) is 16.2. The van der Waals surface area contributed by atoms with Crippen LogP contribution in [-0.2, 0) is 16.6 Å². The van der Waals surface area contributed by atoms with Crippen LogP contribution in [0, 0.1) is 0 Å².